The van der Waals surface area contributed by atoms with E-state index in [-0.39, 0.29) is 11.8 Å². The zero-order valence-corrected chi connectivity index (χ0v) is 12.5. The van der Waals surface area contributed by atoms with Crippen LogP contribution in [0.2, 0.25) is 0 Å². The molecule has 0 atom stereocenters. The highest BCUT2D eigenvalue weighted by atomic mass is 19.1. The van der Waals surface area contributed by atoms with Crippen LogP contribution in [0.5, 0.6) is 5.75 Å². The molecule has 1 aliphatic heterocycles. The number of carbonyl (C=O) groups excluding carboxylic acids is 1. The number of urea groups is 1. The quantitative estimate of drug-likeness (QED) is 0.805. The minimum absolute atomic E-state index is 0.0561. The van der Waals surface area contributed by atoms with Gasteiger partial charge in [-0.2, -0.15) is 0 Å². The molecule has 0 unspecified atom stereocenters. The van der Waals surface area contributed by atoms with Gasteiger partial charge in [0.05, 0.1) is 6.54 Å². The molecule has 0 radical (unpaired) electrons. The van der Waals surface area contributed by atoms with E-state index >= 15 is 0 Å². The van der Waals surface area contributed by atoms with Crippen LogP contribution in [0.1, 0.15) is 19.4 Å². The minimum Gasteiger partial charge on any atom is -0.491 e. The van der Waals surface area contributed by atoms with Crippen LogP contribution in [0.25, 0.3) is 0 Å². The van der Waals surface area contributed by atoms with Gasteiger partial charge >= 0.3 is 6.03 Å². The molecule has 2 N–H and O–H groups in total. The van der Waals surface area contributed by atoms with E-state index in [0.717, 1.165) is 5.56 Å². The molecule has 2 rings (SSSR count). The topological polar surface area (TPSA) is 53.6 Å². The van der Waals surface area contributed by atoms with Crippen molar-refractivity contribution in [3.05, 3.63) is 29.6 Å². The summed E-state index contributed by atoms with van der Waals surface area (Å²) in [5.74, 6) is 0.381. The van der Waals surface area contributed by atoms with Gasteiger partial charge in [0.15, 0.2) is 0 Å². The monoisotopic (exact) mass is 295 g/mol. The van der Waals surface area contributed by atoms with Crippen molar-refractivity contribution in [2.75, 3.05) is 26.2 Å². The van der Waals surface area contributed by atoms with Crippen LogP contribution >= 0.6 is 0 Å². The van der Waals surface area contributed by atoms with Crippen molar-refractivity contribution >= 4 is 6.03 Å². The Morgan fingerprint density at radius 3 is 2.95 bits per heavy atom. The van der Waals surface area contributed by atoms with Gasteiger partial charge in [0.2, 0.25) is 0 Å². The summed E-state index contributed by atoms with van der Waals surface area (Å²) in [6.07, 6.45) is 0. The van der Waals surface area contributed by atoms with Crippen LogP contribution in [0.3, 0.4) is 0 Å². The van der Waals surface area contributed by atoms with Crippen molar-refractivity contribution in [1.29, 1.82) is 0 Å². The first-order valence-electron chi connectivity index (χ1n) is 7.23. The average Bonchev–Trinajstić information content (AvgIpc) is 2.84. The number of benzene rings is 1. The predicted octanol–water partition coefficient (Wildman–Crippen LogP) is 1.73. The maximum atomic E-state index is 13.3. The molecule has 0 aromatic heterocycles. The minimum atomic E-state index is -0.276. The number of carbonyl (C=O) groups is 1. The Hall–Kier alpha value is -1.82. The SMILES string of the molecule is CC(C)NCc1cc(F)ccc1OCCN1CCNC1=O. The largest absolute Gasteiger partial charge is 0.491 e. The van der Waals surface area contributed by atoms with Gasteiger partial charge in [-0.25, -0.2) is 9.18 Å². The van der Waals surface area contributed by atoms with Gasteiger partial charge in [0.1, 0.15) is 18.2 Å². The van der Waals surface area contributed by atoms with Crippen LogP contribution in [0.4, 0.5) is 9.18 Å². The first-order chi connectivity index (χ1) is 10.1. The van der Waals surface area contributed by atoms with E-state index in [4.69, 9.17) is 4.74 Å². The number of amides is 2. The maximum absolute atomic E-state index is 13.3. The lowest BCUT2D eigenvalue weighted by Crippen LogP contribution is -2.32. The number of nitrogens with zero attached hydrogens (tertiary/aromatic N) is 1. The van der Waals surface area contributed by atoms with Crippen molar-refractivity contribution < 1.29 is 13.9 Å². The number of nitrogens with one attached hydrogen (secondary N) is 2. The van der Waals surface area contributed by atoms with Gasteiger partial charge in [-0.05, 0) is 18.2 Å². The molecule has 21 heavy (non-hydrogen) atoms. The van der Waals surface area contributed by atoms with Crippen molar-refractivity contribution in [2.24, 2.45) is 0 Å². The van der Waals surface area contributed by atoms with Crippen molar-refractivity contribution in [3.8, 4) is 5.75 Å². The van der Waals surface area contributed by atoms with E-state index in [1.54, 1.807) is 11.0 Å². The maximum Gasteiger partial charge on any atom is 0.317 e. The summed E-state index contributed by atoms with van der Waals surface area (Å²) in [6, 6.07) is 4.76. The van der Waals surface area contributed by atoms with E-state index in [0.29, 0.717) is 44.6 Å². The van der Waals surface area contributed by atoms with Crippen LogP contribution in [0.15, 0.2) is 18.2 Å². The highest BCUT2D eigenvalue weighted by Crippen LogP contribution is 2.20. The van der Waals surface area contributed by atoms with Gasteiger partial charge < -0.3 is 20.3 Å². The Bertz CT molecular complexity index is 494. The van der Waals surface area contributed by atoms with Crippen molar-refractivity contribution in [3.63, 3.8) is 0 Å². The molecule has 1 aliphatic rings. The third-order valence-electron chi connectivity index (χ3n) is 3.29. The van der Waals surface area contributed by atoms with Crippen LogP contribution in [0, 0.1) is 5.82 Å². The molecule has 0 spiro atoms. The van der Waals surface area contributed by atoms with Gasteiger partial charge in [-0.15, -0.1) is 0 Å². The average molecular weight is 295 g/mol. The molecule has 1 saturated heterocycles. The van der Waals surface area contributed by atoms with E-state index < -0.39 is 0 Å². The third-order valence-corrected chi connectivity index (χ3v) is 3.29. The van der Waals surface area contributed by atoms with Crippen LogP contribution in [-0.4, -0.2) is 43.2 Å². The second-order valence-electron chi connectivity index (χ2n) is 5.36. The second kappa shape index (κ2) is 7.26. The van der Waals surface area contributed by atoms with Crippen LogP contribution in [-0.2, 0) is 6.54 Å². The van der Waals surface area contributed by atoms with E-state index in [2.05, 4.69) is 10.6 Å². The smallest absolute Gasteiger partial charge is 0.317 e. The summed E-state index contributed by atoms with van der Waals surface area (Å²) in [7, 11) is 0. The van der Waals surface area contributed by atoms with Gasteiger partial charge in [0, 0.05) is 31.2 Å². The highest BCUT2D eigenvalue weighted by molar-refractivity contribution is 5.76. The Morgan fingerprint density at radius 2 is 2.29 bits per heavy atom. The fourth-order valence-electron chi connectivity index (χ4n) is 2.13. The van der Waals surface area contributed by atoms with E-state index in [9.17, 15) is 9.18 Å². The Kier molecular flexibility index (Phi) is 5.38. The summed E-state index contributed by atoms with van der Waals surface area (Å²) < 4.78 is 19.1. The molecule has 1 aromatic carbocycles. The number of hydrogen-bond acceptors (Lipinski definition) is 3. The third kappa shape index (κ3) is 4.60. The summed E-state index contributed by atoms with van der Waals surface area (Å²) in [4.78, 5) is 13.1. The van der Waals surface area contributed by atoms with E-state index in [1.165, 1.54) is 12.1 Å². The molecule has 5 nitrogen and oxygen atoms in total. The van der Waals surface area contributed by atoms with Gasteiger partial charge in [-0.3, -0.25) is 0 Å². The van der Waals surface area contributed by atoms with Crippen LogP contribution < -0.4 is 15.4 Å². The summed E-state index contributed by atoms with van der Waals surface area (Å²) >= 11 is 0. The number of ether oxygens (including phenoxy) is 1. The first-order valence-corrected chi connectivity index (χ1v) is 7.23. The van der Waals surface area contributed by atoms with Gasteiger partial charge in [-0.1, -0.05) is 13.8 Å². The molecule has 0 bridgehead atoms. The Morgan fingerprint density at radius 1 is 1.48 bits per heavy atom. The van der Waals surface area contributed by atoms with Crippen molar-refractivity contribution in [1.82, 2.24) is 15.5 Å². The van der Waals surface area contributed by atoms with Gasteiger partial charge in [0.25, 0.3) is 0 Å². The number of rotatable bonds is 7. The molecular weight excluding hydrogens is 273 g/mol. The lowest BCUT2D eigenvalue weighted by atomic mass is 10.2. The lowest BCUT2D eigenvalue weighted by molar-refractivity contribution is 0.202. The number of halogens is 1. The fraction of sp³-hybridized carbons (Fsp3) is 0.533. The van der Waals surface area contributed by atoms with Crippen molar-refractivity contribution in [2.45, 2.75) is 26.4 Å². The normalized spacial score (nSPS) is 14.7. The predicted molar refractivity (Wildman–Crippen MR) is 78.8 cm³/mol. The Balaban J connectivity index is 1.90. The molecule has 0 aliphatic carbocycles. The first kappa shape index (κ1) is 15.6. The Labute approximate surface area is 124 Å². The molecule has 1 heterocycles. The molecule has 6 heteroatoms. The summed E-state index contributed by atoms with van der Waals surface area (Å²) in [5, 5.41) is 5.99. The zero-order chi connectivity index (χ0) is 15.2. The highest BCUT2D eigenvalue weighted by Gasteiger charge is 2.18. The lowest BCUT2D eigenvalue weighted by Gasteiger charge is -2.17. The molecule has 116 valence electrons. The molecule has 1 aromatic rings. The standard InChI is InChI=1S/C15H22FN3O2/c1-11(2)18-10-12-9-13(16)3-4-14(12)21-8-7-19-6-5-17-15(19)20/h3-4,9,11,18H,5-8,10H2,1-2H3,(H,17,20). The zero-order valence-electron chi connectivity index (χ0n) is 12.5. The number of hydrogen-bond donors (Lipinski definition) is 2. The van der Waals surface area contributed by atoms with E-state index in [1.807, 2.05) is 13.8 Å². The molecular formula is C15H22FN3O2. The molecule has 1 fully saturated rings. The summed E-state index contributed by atoms with van der Waals surface area (Å²) in [5.41, 5.74) is 0.787. The summed E-state index contributed by atoms with van der Waals surface area (Å²) in [6.45, 7) is 6.92. The second-order valence-corrected chi connectivity index (χ2v) is 5.36. The molecule has 2 amide bonds. The molecule has 0 saturated carbocycles. The fourth-order valence-corrected chi connectivity index (χ4v) is 2.13.